The summed E-state index contributed by atoms with van der Waals surface area (Å²) in [7, 11) is 1.80. The molecule has 0 N–H and O–H groups in total. The van der Waals surface area contributed by atoms with Gasteiger partial charge in [0.1, 0.15) is 5.75 Å². The summed E-state index contributed by atoms with van der Waals surface area (Å²) in [6, 6.07) is 6.64. The van der Waals surface area contributed by atoms with Crippen LogP contribution in [0.5, 0.6) is 5.75 Å². The number of fused-ring (bicyclic) bond motifs is 1. The standard InChI is InChI=1S/C22H35NO/c1-22(2)14-8-16-23(17-22)15-5-4-9-18-10-6-12-20-19(18)11-7-13-21(20)24-3/h7,11,13,18H,4-6,8-10,12,14-17H2,1-3H3. The average molecular weight is 330 g/mol. The first-order valence-corrected chi connectivity index (χ1v) is 9.97. The van der Waals surface area contributed by atoms with E-state index >= 15 is 0 Å². The number of likely N-dealkylation sites (tertiary alicyclic amines) is 1. The number of hydrogen-bond acceptors (Lipinski definition) is 2. The summed E-state index contributed by atoms with van der Waals surface area (Å²) in [4.78, 5) is 2.70. The normalized spacial score (nSPS) is 23.7. The zero-order chi connectivity index (χ0) is 17.0. The van der Waals surface area contributed by atoms with Crippen molar-refractivity contribution in [2.24, 2.45) is 5.41 Å². The molecule has 0 saturated carbocycles. The Morgan fingerprint density at radius 1 is 1.21 bits per heavy atom. The first-order valence-electron chi connectivity index (χ1n) is 9.97. The van der Waals surface area contributed by atoms with Crippen molar-refractivity contribution in [3.05, 3.63) is 29.3 Å². The third-order valence-corrected chi connectivity index (χ3v) is 6.06. The molecule has 24 heavy (non-hydrogen) atoms. The van der Waals surface area contributed by atoms with E-state index in [0.29, 0.717) is 5.41 Å². The molecular formula is C22H35NO. The molecule has 0 amide bonds. The highest BCUT2D eigenvalue weighted by Crippen LogP contribution is 2.39. The van der Waals surface area contributed by atoms with Gasteiger partial charge in [0, 0.05) is 6.54 Å². The highest BCUT2D eigenvalue weighted by Gasteiger charge is 2.26. The number of hydrogen-bond donors (Lipinski definition) is 0. The van der Waals surface area contributed by atoms with Crippen LogP contribution in [0.25, 0.3) is 0 Å². The van der Waals surface area contributed by atoms with Crippen molar-refractivity contribution < 1.29 is 4.74 Å². The maximum absolute atomic E-state index is 5.58. The summed E-state index contributed by atoms with van der Waals surface area (Å²) in [5, 5.41) is 0. The van der Waals surface area contributed by atoms with Gasteiger partial charge in [0.05, 0.1) is 7.11 Å². The average Bonchev–Trinajstić information content (AvgIpc) is 2.57. The molecule has 1 unspecified atom stereocenters. The van der Waals surface area contributed by atoms with Gasteiger partial charge >= 0.3 is 0 Å². The molecule has 1 aromatic carbocycles. The summed E-state index contributed by atoms with van der Waals surface area (Å²) in [5.41, 5.74) is 3.57. The zero-order valence-corrected chi connectivity index (χ0v) is 15.9. The predicted octanol–water partition coefficient (Wildman–Crippen LogP) is 5.41. The summed E-state index contributed by atoms with van der Waals surface area (Å²) >= 11 is 0. The van der Waals surface area contributed by atoms with Crippen molar-refractivity contribution in [1.82, 2.24) is 4.90 Å². The number of benzene rings is 1. The van der Waals surface area contributed by atoms with Gasteiger partial charge in [-0.15, -0.1) is 0 Å². The van der Waals surface area contributed by atoms with Gasteiger partial charge in [0.15, 0.2) is 0 Å². The molecule has 2 nitrogen and oxygen atoms in total. The lowest BCUT2D eigenvalue weighted by Crippen LogP contribution is -2.40. The fraction of sp³-hybridized carbons (Fsp3) is 0.727. The van der Waals surface area contributed by atoms with Gasteiger partial charge in [-0.25, -0.2) is 0 Å². The van der Waals surface area contributed by atoms with Crippen LogP contribution in [0.3, 0.4) is 0 Å². The van der Waals surface area contributed by atoms with Crippen molar-refractivity contribution in [1.29, 1.82) is 0 Å². The Balaban J connectivity index is 1.48. The van der Waals surface area contributed by atoms with Crippen LogP contribution in [0.15, 0.2) is 18.2 Å². The van der Waals surface area contributed by atoms with Crippen LogP contribution in [0, 0.1) is 5.41 Å². The van der Waals surface area contributed by atoms with E-state index in [1.54, 1.807) is 12.7 Å². The number of ether oxygens (including phenoxy) is 1. The molecule has 0 aromatic heterocycles. The summed E-state index contributed by atoms with van der Waals surface area (Å²) < 4.78 is 5.58. The Bertz CT molecular complexity index is 537. The highest BCUT2D eigenvalue weighted by atomic mass is 16.5. The number of rotatable bonds is 6. The lowest BCUT2D eigenvalue weighted by atomic mass is 9.80. The van der Waals surface area contributed by atoms with Crippen molar-refractivity contribution in [3.63, 3.8) is 0 Å². The van der Waals surface area contributed by atoms with Crippen molar-refractivity contribution in [3.8, 4) is 5.75 Å². The van der Waals surface area contributed by atoms with Gasteiger partial charge in [-0.05, 0) is 86.6 Å². The van der Waals surface area contributed by atoms with Crippen LogP contribution in [-0.4, -0.2) is 31.6 Å². The Hall–Kier alpha value is -1.02. The molecule has 1 aliphatic heterocycles. The molecule has 1 heterocycles. The minimum absolute atomic E-state index is 0.525. The summed E-state index contributed by atoms with van der Waals surface area (Å²) in [6.07, 6.45) is 10.7. The van der Waals surface area contributed by atoms with Gasteiger partial charge in [-0.1, -0.05) is 32.4 Å². The predicted molar refractivity (Wildman–Crippen MR) is 102 cm³/mol. The van der Waals surface area contributed by atoms with Crippen LogP contribution in [0.2, 0.25) is 0 Å². The molecule has 1 saturated heterocycles. The fourth-order valence-corrected chi connectivity index (χ4v) is 4.87. The lowest BCUT2D eigenvalue weighted by Gasteiger charge is -2.38. The van der Waals surface area contributed by atoms with Gasteiger partial charge in [0.25, 0.3) is 0 Å². The van der Waals surface area contributed by atoms with Crippen LogP contribution in [-0.2, 0) is 6.42 Å². The van der Waals surface area contributed by atoms with E-state index < -0.39 is 0 Å². The summed E-state index contributed by atoms with van der Waals surface area (Å²) in [6.45, 7) is 8.74. The molecule has 1 fully saturated rings. The molecule has 0 spiro atoms. The first kappa shape index (κ1) is 17.8. The third kappa shape index (κ3) is 4.33. The van der Waals surface area contributed by atoms with E-state index in [-0.39, 0.29) is 0 Å². The topological polar surface area (TPSA) is 12.5 Å². The zero-order valence-electron chi connectivity index (χ0n) is 15.9. The SMILES string of the molecule is COc1cccc2c1CCCC2CCCCN1CCCC(C)(C)C1. The maximum atomic E-state index is 5.58. The molecule has 2 aliphatic rings. The molecule has 0 bridgehead atoms. The molecular weight excluding hydrogens is 294 g/mol. The molecule has 3 rings (SSSR count). The highest BCUT2D eigenvalue weighted by molar-refractivity contribution is 5.43. The van der Waals surface area contributed by atoms with Gasteiger partial charge < -0.3 is 9.64 Å². The third-order valence-electron chi connectivity index (χ3n) is 6.06. The number of unbranched alkanes of at least 4 members (excludes halogenated alkanes) is 1. The number of piperidine rings is 1. The van der Waals surface area contributed by atoms with Gasteiger partial charge in [-0.3, -0.25) is 0 Å². The molecule has 1 aliphatic carbocycles. The van der Waals surface area contributed by atoms with Crippen LogP contribution < -0.4 is 4.74 Å². The van der Waals surface area contributed by atoms with Gasteiger partial charge in [-0.2, -0.15) is 0 Å². The lowest BCUT2D eigenvalue weighted by molar-refractivity contribution is 0.116. The van der Waals surface area contributed by atoms with E-state index in [0.717, 1.165) is 11.7 Å². The Morgan fingerprint density at radius 2 is 2.08 bits per heavy atom. The van der Waals surface area contributed by atoms with Crippen molar-refractivity contribution >= 4 is 0 Å². The number of methoxy groups -OCH3 is 1. The fourth-order valence-electron chi connectivity index (χ4n) is 4.87. The van der Waals surface area contributed by atoms with Crippen LogP contribution >= 0.6 is 0 Å². The van der Waals surface area contributed by atoms with E-state index in [2.05, 4.69) is 36.9 Å². The van der Waals surface area contributed by atoms with E-state index in [1.807, 2.05) is 0 Å². The summed E-state index contributed by atoms with van der Waals surface area (Å²) in [5.74, 6) is 1.86. The Kier molecular flexibility index (Phi) is 5.86. The maximum Gasteiger partial charge on any atom is 0.122 e. The molecule has 0 radical (unpaired) electrons. The van der Waals surface area contributed by atoms with Crippen LogP contribution in [0.4, 0.5) is 0 Å². The molecule has 134 valence electrons. The van der Waals surface area contributed by atoms with E-state index in [9.17, 15) is 0 Å². The monoisotopic (exact) mass is 329 g/mol. The molecule has 1 aromatic rings. The van der Waals surface area contributed by atoms with Crippen LogP contribution in [0.1, 0.15) is 75.8 Å². The number of nitrogens with zero attached hydrogens (tertiary/aromatic N) is 1. The van der Waals surface area contributed by atoms with E-state index in [4.69, 9.17) is 4.74 Å². The second-order valence-electron chi connectivity index (χ2n) is 8.66. The van der Waals surface area contributed by atoms with Crippen molar-refractivity contribution in [2.45, 2.75) is 71.1 Å². The van der Waals surface area contributed by atoms with Crippen molar-refractivity contribution in [2.75, 3.05) is 26.7 Å². The second-order valence-corrected chi connectivity index (χ2v) is 8.66. The second kappa shape index (κ2) is 7.91. The van der Waals surface area contributed by atoms with E-state index in [1.165, 1.54) is 76.6 Å². The Labute approximate surface area is 148 Å². The smallest absolute Gasteiger partial charge is 0.122 e. The quantitative estimate of drug-likeness (QED) is 0.647. The molecule has 2 heteroatoms. The largest absolute Gasteiger partial charge is 0.496 e. The Morgan fingerprint density at radius 3 is 2.88 bits per heavy atom. The van der Waals surface area contributed by atoms with Gasteiger partial charge in [0.2, 0.25) is 0 Å². The minimum atomic E-state index is 0.525. The first-order chi connectivity index (χ1) is 11.6. The molecule has 1 atom stereocenters. The minimum Gasteiger partial charge on any atom is -0.496 e.